The largest absolute Gasteiger partial charge is 0.353 e. The van der Waals surface area contributed by atoms with Gasteiger partial charge in [-0.1, -0.05) is 48.0 Å². The van der Waals surface area contributed by atoms with E-state index in [1.807, 2.05) is 0 Å². The SMILES string of the molecule is Cc1ccc(CSCCNC(=O)[C@@H](C)N(c2ccccc2)S(C)(=O)=O)cc1. The molecule has 0 saturated heterocycles. The number of carbonyl (C=O) groups excluding carboxylic acids is 1. The van der Waals surface area contributed by atoms with Crippen molar-refractivity contribution < 1.29 is 13.2 Å². The number of amides is 1. The standard InChI is InChI=1S/C20H26N2O3S2/c1-16-9-11-18(12-10-16)15-26-14-13-21-20(23)17(2)22(27(3,24)25)19-7-5-4-6-8-19/h4-12,17H,13-15H2,1-3H3,(H,21,23)/t17-/m1/s1. The van der Waals surface area contributed by atoms with Crippen LogP contribution < -0.4 is 9.62 Å². The topological polar surface area (TPSA) is 66.5 Å². The smallest absolute Gasteiger partial charge is 0.243 e. The lowest BCUT2D eigenvalue weighted by molar-refractivity contribution is -0.121. The molecule has 0 aliphatic carbocycles. The fraction of sp³-hybridized carbons (Fsp3) is 0.350. The van der Waals surface area contributed by atoms with E-state index in [-0.39, 0.29) is 5.91 Å². The van der Waals surface area contributed by atoms with E-state index in [1.165, 1.54) is 11.1 Å². The fourth-order valence-electron chi connectivity index (χ4n) is 2.65. The molecular formula is C20H26N2O3S2. The van der Waals surface area contributed by atoms with Gasteiger partial charge < -0.3 is 5.32 Å². The number of nitrogens with one attached hydrogen (secondary N) is 1. The normalized spacial score (nSPS) is 12.4. The Bertz CT molecular complexity index is 837. The molecule has 2 rings (SSSR count). The zero-order valence-corrected chi connectivity index (χ0v) is 17.5. The summed E-state index contributed by atoms with van der Waals surface area (Å²) in [4.78, 5) is 12.4. The summed E-state index contributed by atoms with van der Waals surface area (Å²) < 4.78 is 25.5. The van der Waals surface area contributed by atoms with Crippen LogP contribution in [0.2, 0.25) is 0 Å². The Morgan fingerprint density at radius 3 is 2.33 bits per heavy atom. The third kappa shape index (κ3) is 6.59. The number of carbonyl (C=O) groups is 1. The predicted octanol–water partition coefficient (Wildman–Crippen LogP) is 3.20. The lowest BCUT2D eigenvalue weighted by Crippen LogP contribution is -2.48. The second kappa shape index (κ2) is 9.80. The van der Waals surface area contributed by atoms with Gasteiger partial charge in [-0.2, -0.15) is 11.8 Å². The van der Waals surface area contributed by atoms with E-state index < -0.39 is 16.1 Å². The van der Waals surface area contributed by atoms with Crippen LogP contribution in [-0.4, -0.2) is 38.9 Å². The highest BCUT2D eigenvalue weighted by Crippen LogP contribution is 2.20. The van der Waals surface area contributed by atoms with Gasteiger partial charge in [-0.3, -0.25) is 9.10 Å². The number of aryl methyl sites for hydroxylation is 1. The Morgan fingerprint density at radius 1 is 1.11 bits per heavy atom. The molecular weight excluding hydrogens is 380 g/mol. The third-order valence-electron chi connectivity index (χ3n) is 4.03. The van der Waals surface area contributed by atoms with E-state index >= 15 is 0 Å². The molecule has 7 heteroatoms. The molecule has 27 heavy (non-hydrogen) atoms. The third-order valence-corrected chi connectivity index (χ3v) is 6.31. The van der Waals surface area contributed by atoms with E-state index in [0.29, 0.717) is 12.2 Å². The highest BCUT2D eigenvalue weighted by Gasteiger charge is 2.28. The summed E-state index contributed by atoms with van der Waals surface area (Å²) in [6, 6.07) is 16.2. The lowest BCUT2D eigenvalue weighted by atomic mass is 10.2. The van der Waals surface area contributed by atoms with Gasteiger partial charge in [0.25, 0.3) is 0 Å². The maximum atomic E-state index is 12.4. The summed E-state index contributed by atoms with van der Waals surface area (Å²) in [5.41, 5.74) is 2.97. The summed E-state index contributed by atoms with van der Waals surface area (Å²) >= 11 is 1.73. The van der Waals surface area contributed by atoms with Crippen molar-refractivity contribution in [3.05, 3.63) is 65.7 Å². The number of sulfonamides is 1. The molecule has 2 aromatic rings. The summed E-state index contributed by atoms with van der Waals surface area (Å²) in [5.74, 6) is 1.34. The number of benzene rings is 2. The molecule has 2 aromatic carbocycles. The van der Waals surface area contributed by atoms with Crippen LogP contribution in [0.1, 0.15) is 18.1 Å². The van der Waals surface area contributed by atoms with E-state index in [0.717, 1.165) is 22.1 Å². The van der Waals surface area contributed by atoms with Crippen LogP contribution in [0.15, 0.2) is 54.6 Å². The van der Waals surface area contributed by atoms with Gasteiger partial charge >= 0.3 is 0 Å². The van der Waals surface area contributed by atoms with Crippen LogP contribution >= 0.6 is 11.8 Å². The maximum absolute atomic E-state index is 12.4. The first-order chi connectivity index (χ1) is 12.8. The number of para-hydroxylation sites is 1. The van der Waals surface area contributed by atoms with Gasteiger partial charge in [0.15, 0.2) is 0 Å². The van der Waals surface area contributed by atoms with Crippen molar-refractivity contribution in [2.45, 2.75) is 25.6 Å². The molecule has 0 radical (unpaired) electrons. The van der Waals surface area contributed by atoms with Crippen LogP contribution in [0.5, 0.6) is 0 Å². The molecule has 0 aliphatic rings. The zero-order chi connectivity index (χ0) is 19.9. The average molecular weight is 407 g/mol. The number of anilines is 1. The van der Waals surface area contributed by atoms with Crippen molar-refractivity contribution >= 4 is 33.4 Å². The minimum absolute atomic E-state index is 0.305. The molecule has 0 aliphatic heterocycles. The van der Waals surface area contributed by atoms with Gasteiger partial charge in [0.05, 0.1) is 11.9 Å². The van der Waals surface area contributed by atoms with Crippen molar-refractivity contribution in [1.82, 2.24) is 5.32 Å². The highest BCUT2D eigenvalue weighted by molar-refractivity contribution is 7.98. The van der Waals surface area contributed by atoms with Crippen LogP contribution in [0, 0.1) is 6.92 Å². The second-order valence-corrected chi connectivity index (χ2v) is 9.36. The molecule has 0 aromatic heterocycles. The predicted molar refractivity (Wildman–Crippen MR) is 114 cm³/mol. The Morgan fingerprint density at radius 2 is 1.74 bits per heavy atom. The number of hydrogen-bond donors (Lipinski definition) is 1. The van der Waals surface area contributed by atoms with E-state index in [4.69, 9.17) is 0 Å². The molecule has 0 fully saturated rings. The number of hydrogen-bond acceptors (Lipinski definition) is 4. The minimum atomic E-state index is -3.57. The maximum Gasteiger partial charge on any atom is 0.243 e. The zero-order valence-electron chi connectivity index (χ0n) is 15.9. The van der Waals surface area contributed by atoms with Crippen LogP contribution in [0.3, 0.4) is 0 Å². The van der Waals surface area contributed by atoms with Crippen LogP contribution in [-0.2, 0) is 20.6 Å². The van der Waals surface area contributed by atoms with Crippen molar-refractivity contribution in [2.24, 2.45) is 0 Å². The molecule has 1 amide bonds. The average Bonchev–Trinajstić information content (AvgIpc) is 2.62. The lowest BCUT2D eigenvalue weighted by Gasteiger charge is -2.28. The van der Waals surface area contributed by atoms with Crippen LogP contribution in [0.4, 0.5) is 5.69 Å². The van der Waals surface area contributed by atoms with E-state index in [9.17, 15) is 13.2 Å². The van der Waals surface area contributed by atoms with E-state index in [1.54, 1.807) is 49.0 Å². The first-order valence-corrected chi connectivity index (χ1v) is 11.7. The second-order valence-electron chi connectivity index (χ2n) is 6.40. The summed E-state index contributed by atoms with van der Waals surface area (Å²) in [5, 5.41) is 2.83. The van der Waals surface area contributed by atoms with Gasteiger partial charge in [-0.15, -0.1) is 0 Å². The molecule has 0 heterocycles. The van der Waals surface area contributed by atoms with E-state index in [2.05, 4.69) is 36.5 Å². The van der Waals surface area contributed by atoms with Gasteiger partial charge in [0.2, 0.25) is 15.9 Å². The summed E-state index contributed by atoms with van der Waals surface area (Å²) in [6.45, 7) is 4.15. The number of thioether (sulfide) groups is 1. The van der Waals surface area contributed by atoms with Crippen molar-refractivity contribution in [1.29, 1.82) is 0 Å². The molecule has 146 valence electrons. The van der Waals surface area contributed by atoms with Crippen molar-refractivity contribution in [3.63, 3.8) is 0 Å². The molecule has 5 nitrogen and oxygen atoms in total. The van der Waals surface area contributed by atoms with Gasteiger partial charge in [0, 0.05) is 18.1 Å². The number of rotatable bonds is 9. The first-order valence-electron chi connectivity index (χ1n) is 8.74. The Hall–Kier alpha value is -1.99. The van der Waals surface area contributed by atoms with Gasteiger partial charge in [0.1, 0.15) is 6.04 Å². The Kier molecular flexibility index (Phi) is 7.74. The molecule has 0 saturated carbocycles. The fourth-order valence-corrected chi connectivity index (χ4v) is 4.65. The summed E-state index contributed by atoms with van der Waals surface area (Å²) in [7, 11) is -3.57. The molecule has 0 unspecified atom stereocenters. The highest BCUT2D eigenvalue weighted by atomic mass is 32.2. The van der Waals surface area contributed by atoms with Crippen molar-refractivity contribution in [2.75, 3.05) is 22.9 Å². The molecule has 0 spiro atoms. The first kappa shape index (κ1) is 21.3. The quantitative estimate of drug-likeness (QED) is 0.650. The Labute approximate surface area is 166 Å². The molecule has 0 bridgehead atoms. The van der Waals surface area contributed by atoms with Gasteiger partial charge in [-0.25, -0.2) is 8.42 Å². The van der Waals surface area contributed by atoms with Crippen molar-refractivity contribution in [3.8, 4) is 0 Å². The molecule has 1 N–H and O–H groups in total. The van der Waals surface area contributed by atoms with Gasteiger partial charge in [-0.05, 0) is 31.5 Å². The summed E-state index contributed by atoms with van der Waals surface area (Å²) in [6.07, 6.45) is 1.11. The van der Waals surface area contributed by atoms with Crippen LogP contribution in [0.25, 0.3) is 0 Å². The Balaban J connectivity index is 1.85. The monoisotopic (exact) mass is 406 g/mol. The molecule has 1 atom stereocenters. The minimum Gasteiger partial charge on any atom is -0.353 e. The number of nitrogens with zero attached hydrogens (tertiary/aromatic N) is 1.